The van der Waals surface area contributed by atoms with Gasteiger partial charge in [0.1, 0.15) is 17.3 Å². The van der Waals surface area contributed by atoms with Gasteiger partial charge in [-0.3, -0.25) is 4.79 Å². The summed E-state index contributed by atoms with van der Waals surface area (Å²) in [6.45, 7) is 2.31. The van der Waals surface area contributed by atoms with Gasteiger partial charge in [-0.25, -0.2) is 9.97 Å². The van der Waals surface area contributed by atoms with Crippen LogP contribution in [0.15, 0.2) is 54.9 Å². The normalized spacial score (nSPS) is 10.3. The smallest absolute Gasteiger partial charge is 0.271 e. The second kappa shape index (κ2) is 8.51. The third-order valence-corrected chi connectivity index (χ3v) is 4.27. The Balaban J connectivity index is 1.65. The fourth-order valence-corrected chi connectivity index (χ4v) is 2.68. The van der Waals surface area contributed by atoms with Crippen molar-refractivity contribution < 1.29 is 9.53 Å². The number of benzene rings is 2. The van der Waals surface area contributed by atoms with Gasteiger partial charge < -0.3 is 15.4 Å². The van der Waals surface area contributed by atoms with Crippen LogP contribution in [0.3, 0.4) is 0 Å². The fourth-order valence-electron chi connectivity index (χ4n) is 2.48. The molecular formula is C20H19ClN4O2. The van der Waals surface area contributed by atoms with E-state index < -0.39 is 0 Å². The Labute approximate surface area is 162 Å². The van der Waals surface area contributed by atoms with E-state index in [0.717, 1.165) is 16.8 Å². The van der Waals surface area contributed by atoms with Crippen molar-refractivity contribution in [3.8, 4) is 5.75 Å². The Hall–Kier alpha value is -3.12. The molecule has 0 aliphatic rings. The number of halogens is 1. The van der Waals surface area contributed by atoms with E-state index in [-0.39, 0.29) is 11.6 Å². The number of nitrogens with zero attached hydrogens (tertiary/aromatic N) is 2. The molecule has 0 spiro atoms. The van der Waals surface area contributed by atoms with Crippen LogP contribution in [0.1, 0.15) is 21.6 Å². The second-order valence-electron chi connectivity index (χ2n) is 5.89. The maximum atomic E-state index is 12.2. The van der Waals surface area contributed by atoms with Gasteiger partial charge in [-0.15, -0.1) is 0 Å². The zero-order valence-electron chi connectivity index (χ0n) is 15.0. The van der Waals surface area contributed by atoms with Crippen molar-refractivity contribution in [2.75, 3.05) is 12.4 Å². The van der Waals surface area contributed by atoms with E-state index in [1.165, 1.54) is 12.4 Å². The number of aromatic nitrogens is 2. The fraction of sp³-hybridized carbons (Fsp3) is 0.150. The molecule has 1 amide bonds. The first-order chi connectivity index (χ1) is 13.1. The number of ether oxygens (including phenoxy) is 1. The van der Waals surface area contributed by atoms with Gasteiger partial charge in [0.25, 0.3) is 5.91 Å². The summed E-state index contributed by atoms with van der Waals surface area (Å²) in [4.78, 5) is 20.7. The number of hydrogen-bond acceptors (Lipinski definition) is 5. The van der Waals surface area contributed by atoms with Gasteiger partial charge in [0.15, 0.2) is 0 Å². The summed E-state index contributed by atoms with van der Waals surface area (Å²) in [5.41, 5.74) is 2.93. The number of hydrogen-bond donors (Lipinski definition) is 2. The third-order valence-electron chi connectivity index (χ3n) is 3.90. The molecule has 27 heavy (non-hydrogen) atoms. The summed E-state index contributed by atoms with van der Waals surface area (Å²) < 4.78 is 5.33. The highest BCUT2D eigenvalue weighted by Crippen LogP contribution is 2.27. The highest BCUT2D eigenvalue weighted by molar-refractivity contribution is 6.31. The molecule has 2 aromatic carbocycles. The molecule has 3 rings (SSSR count). The Bertz CT molecular complexity index is 945. The van der Waals surface area contributed by atoms with Crippen LogP contribution < -0.4 is 15.4 Å². The lowest BCUT2D eigenvalue weighted by Gasteiger charge is -2.11. The predicted octanol–water partition coefficient (Wildman–Crippen LogP) is 4.12. The average Bonchev–Trinajstić information content (AvgIpc) is 2.68. The molecule has 1 aromatic heterocycles. The SMILES string of the molecule is COc1ccc(C)cc1Nc1cnc(C(=O)NCc2ccccc2Cl)cn1. The molecular weight excluding hydrogens is 364 g/mol. The van der Waals surface area contributed by atoms with Crippen molar-refractivity contribution >= 4 is 29.0 Å². The number of carbonyl (C=O) groups is 1. The number of amides is 1. The standard InChI is InChI=1S/C20H19ClN4O2/c1-13-7-8-18(27-2)16(9-13)25-19-12-22-17(11-23-19)20(26)24-10-14-5-3-4-6-15(14)21/h3-9,11-12H,10H2,1-2H3,(H,23,25)(H,24,26). The lowest BCUT2D eigenvalue weighted by molar-refractivity contribution is 0.0945. The van der Waals surface area contributed by atoms with Crippen molar-refractivity contribution in [2.45, 2.75) is 13.5 Å². The van der Waals surface area contributed by atoms with Crippen molar-refractivity contribution in [3.05, 3.63) is 76.7 Å². The van der Waals surface area contributed by atoms with Gasteiger partial charge in [0.2, 0.25) is 0 Å². The van der Waals surface area contributed by atoms with Gasteiger partial charge in [0, 0.05) is 11.6 Å². The van der Waals surface area contributed by atoms with Gasteiger partial charge in [0.05, 0.1) is 25.2 Å². The minimum absolute atomic E-state index is 0.226. The number of aryl methyl sites for hydroxylation is 1. The molecule has 0 bridgehead atoms. The zero-order chi connectivity index (χ0) is 19.2. The highest BCUT2D eigenvalue weighted by atomic mass is 35.5. The summed E-state index contributed by atoms with van der Waals surface area (Å²) in [6, 6.07) is 13.1. The largest absolute Gasteiger partial charge is 0.495 e. The number of methoxy groups -OCH3 is 1. The Morgan fingerprint density at radius 1 is 1.15 bits per heavy atom. The molecule has 0 saturated heterocycles. The van der Waals surface area contributed by atoms with Crippen LogP contribution in [0, 0.1) is 6.92 Å². The molecule has 0 saturated carbocycles. The molecule has 138 valence electrons. The number of rotatable bonds is 6. The second-order valence-corrected chi connectivity index (χ2v) is 6.30. The maximum absolute atomic E-state index is 12.2. The van der Waals surface area contributed by atoms with E-state index in [1.807, 2.05) is 43.3 Å². The van der Waals surface area contributed by atoms with Crippen LogP contribution >= 0.6 is 11.6 Å². The Morgan fingerprint density at radius 2 is 1.96 bits per heavy atom. The quantitative estimate of drug-likeness (QED) is 0.670. The van der Waals surface area contributed by atoms with E-state index in [1.54, 1.807) is 13.2 Å². The number of nitrogens with one attached hydrogen (secondary N) is 2. The monoisotopic (exact) mass is 382 g/mol. The highest BCUT2D eigenvalue weighted by Gasteiger charge is 2.10. The van der Waals surface area contributed by atoms with Crippen molar-refractivity contribution in [2.24, 2.45) is 0 Å². The maximum Gasteiger partial charge on any atom is 0.271 e. The molecule has 2 N–H and O–H groups in total. The Morgan fingerprint density at radius 3 is 2.67 bits per heavy atom. The molecule has 0 atom stereocenters. The Kier molecular flexibility index (Phi) is 5.88. The first kappa shape index (κ1) is 18.7. The lowest BCUT2D eigenvalue weighted by Crippen LogP contribution is -2.24. The van der Waals surface area contributed by atoms with E-state index in [0.29, 0.717) is 23.1 Å². The summed E-state index contributed by atoms with van der Waals surface area (Å²) >= 11 is 6.09. The van der Waals surface area contributed by atoms with Crippen molar-refractivity contribution in [1.29, 1.82) is 0 Å². The molecule has 0 unspecified atom stereocenters. The first-order valence-corrected chi connectivity index (χ1v) is 8.70. The molecule has 3 aromatic rings. The van der Waals surface area contributed by atoms with Gasteiger partial charge >= 0.3 is 0 Å². The van der Waals surface area contributed by atoms with Gasteiger partial charge in [-0.2, -0.15) is 0 Å². The molecule has 6 nitrogen and oxygen atoms in total. The van der Waals surface area contributed by atoms with Crippen LogP contribution in [0.25, 0.3) is 0 Å². The third kappa shape index (κ3) is 4.74. The molecule has 0 aliphatic heterocycles. The van der Waals surface area contributed by atoms with Crippen LogP contribution in [0.2, 0.25) is 5.02 Å². The molecule has 1 heterocycles. The minimum Gasteiger partial charge on any atom is -0.495 e. The van der Waals surface area contributed by atoms with Crippen LogP contribution in [0.4, 0.5) is 11.5 Å². The topological polar surface area (TPSA) is 76.1 Å². The molecule has 0 aliphatic carbocycles. The van der Waals surface area contributed by atoms with Crippen LogP contribution in [-0.4, -0.2) is 23.0 Å². The molecule has 7 heteroatoms. The van der Waals surface area contributed by atoms with E-state index in [4.69, 9.17) is 16.3 Å². The average molecular weight is 383 g/mol. The van der Waals surface area contributed by atoms with E-state index in [2.05, 4.69) is 20.6 Å². The van der Waals surface area contributed by atoms with Crippen LogP contribution in [-0.2, 0) is 6.54 Å². The van der Waals surface area contributed by atoms with Gasteiger partial charge in [-0.05, 0) is 36.2 Å². The summed E-state index contributed by atoms with van der Waals surface area (Å²) in [5.74, 6) is 0.896. The summed E-state index contributed by atoms with van der Waals surface area (Å²) in [5, 5.41) is 6.54. The minimum atomic E-state index is -0.317. The number of carbonyl (C=O) groups excluding carboxylic acids is 1. The van der Waals surface area contributed by atoms with E-state index in [9.17, 15) is 4.79 Å². The number of anilines is 2. The van der Waals surface area contributed by atoms with Gasteiger partial charge in [-0.1, -0.05) is 35.9 Å². The summed E-state index contributed by atoms with van der Waals surface area (Å²) in [7, 11) is 1.61. The lowest BCUT2D eigenvalue weighted by atomic mass is 10.2. The zero-order valence-corrected chi connectivity index (χ0v) is 15.7. The first-order valence-electron chi connectivity index (χ1n) is 8.32. The van der Waals surface area contributed by atoms with Crippen molar-refractivity contribution in [1.82, 2.24) is 15.3 Å². The molecule has 0 fully saturated rings. The molecule has 0 radical (unpaired) electrons. The summed E-state index contributed by atoms with van der Waals surface area (Å²) in [6.07, 6.45) is 2.93. The van der Waals surface area contributed by atoms with Crippen molar-refractivity contribution in [3.63, 3.8) is 0 Å². The predicted molar refractivity (Wildman–Crippen MR) is 106 cm³/mol. The van der Waals surface area contributed by atoms with Crippen LogP contribution in [0.5, 0.6) is 5.75 Å². The van der Waals surface area contributed by atoms with E-state index >= 15 is 0 Å².